The molecule has 1 rings (SSSR count). The van der Waals surface area contributed by atoms with Crippen molar-refractivity contribution in [2.75, 3.05) is 31.2 Å². The summed E-state index contributed by atoms with van der Waals surface area (Å²) >= 11 is 0. The lowest BCUT2D eigenvalue weighted by Crippen LogP contribution is -2.45. The molecule has 0 aliphatic carbocycles. The molecule has 1 aromatic rings. The summed E-state index contributed by atoms with van der Waals surface area (Å²) in [5.41, 5.74) is -0.494. The van der Waals surface area contributed by atoms with Crippen molar-refractivity contribution in [1.82, 2.24) is 5.32 Å². The summed E-state index contributed by atoms with van der Waals surface area (Å²) in [6.07, 6.45) is -0.907. The summed E-state index contributed by atoms with van der Waals surface area (Å²) in [6.45, 7) is 35.4. The second kappa shape index (κ2) is 17.0. The van der Waals surface area contributed by atoms with E-state index in [0.29, 0.717) is 32.1 Å². The number of carbonyl (C=O) groups excluding carboxylic acids is 3. The Labute approximate surface area is 293 Å². The Kier molecular flexibility index (Phi) is 15.4. The summed E-state index contributed by atoms with van der Waals surface area (Å²) in [5, 5.41) is 2.80. The van der Waals surface area contributed by atoms with E-state index in [1.54, 1.807) is 53.7 Å². The van der Waals surface area contributed by atoms with Crippen molar-refractivity contribution < 1.29 is 37.4 Å². The molecule has 0 saturated carbocycles. The third kappa shape index (κ3) is 15.9. The van der Waals surface area contributed by atoms with Crippen molar-refractivity contribution in [2.45, 2.75) is 149 Å². The molecule has 1 atom stereocenters. The second-order valence-corrected chi connectivity index (χ2v) is 27.1. The molecule has 1 amide bonds. The van der Waals surface area contributed by atoms with Gasteiger partial charge in [-0.2, -0.15) is 0 Å². The van der Waals surface area contributed by atoms with Gasteiger partial charge in [-0.25, -0.2) is 9.59 Å². The van der Waals surface area contributed by atoms with Crippen molar-refractivity contribution >= 4 is 40.4 Å². The summed E-state index contributed by atoms with van der Waals surface area (Å²) in [5.74, 6) is -0.828. The van der Waals surface area contributed by atoms with E-state index in [-0.39, 0.29) is 22.9 Å². The highest BCUT2D eigenvalue weighted by molar-refractivity contribution is 6.74. The standard InChI is InChI=1S/C36H66N2O8Si2/c1-33(2,3)45-30(39)22-21-29(31(40)46-34(4,5)6)37-32(41)44-28-19-17-27(18-20-28)38(23-25-42-47(13,14)35(7,8)9)24-26-43-48(15,16)36(10,11)12/h17-20,29H,21-26H2,1-16H3,(H,37,41)/t29-/m0/s1. The number of amides is 1. The van der Waals surface area contributed by atoms with Gasteiger partial charge >= 0.3 is 18.0 Å². The molecule has 0 spiro atoms. The van der Waals surface area contributed by atoms with E-state index in [2.05, 4.69) is 77.9 Å². The zero-order valence-electron chi connectivity index (χ0n) is 32.8. The number of benzene rings is 1. The third-order valence-corrected chi connectivity index (χ3v) is 17.8. The first-order chi connectivity index (χ1) is 21.5. The van der Waals surface area contributed by atoms with Gasteiger partial charge in [-0.1, -0.05) is 41.5 Å². The minimum Gasteiger partial charge on any atom is -0.460 e. The molecule has 1 N–H and O–H groups in total. The first kappa shape index (κ1) is 43.6. The zero-order chi connectivity index (χ0) is 37.4. The first-order valence-electron chi connectivity index (χ1n) is 17.1. The molecular weight excluding hydrogens is 645 g/mol. The Morgan fingerprint density at radius 1 is 0.708 bits per heavy atom. The van der Waals surface area contributed by atoms with Crippen LogP contribution in [0.25, 0.3) is 0 Å². The van der Waals surface area contributed by atoms with E-state index >= 15 is 0 Å². The van der Waals surface area contributed by atoms with Gasteiger partial charge in [-0.15, -0.1) is 0 Å². The highest BCUT2D eigenvalue weighted by Crippen LogP contribution is 2.37. The van der Waals surface area contributed by atoms with Gasteiger partial charge in [-0.3, -0.25) is 4.79 Å². The van der Waals surface area contributed by atoms with Crippen LogP contribution in [0.1, 0.15) is 95.9 Å². The van der Waals surface area contributed by atoms with E-state index in [1.165, 1.54) is 0 Å². The number of nitrogens with one attached hydrogen (secondary N) is 1. The predicted molar refractivity (Wildman–Crippen MR) is 199 cm³/mol. The number of rotatable bonds is 15. The maximum atomic E-state index is 12.9. The average Bonchev–Trinajstić information content (AvgIpc) is 2.87. The molecule has 0 aromatic heterocycles. The molecule has 10 nitrogen and oxygen atoms in total. The number of hydrogen-bond donors (Lipinski definition) is 1. The molecule has 0 heterocycles. The topological polar surface area (TPSA) is 113 Å². The highest BCUT2D eigenvalue weighted by Gasteiger charge is 2.38. The van der Waals surface area contributed by atoms with Crippen LogP contribution in [-0.2, 0) is 27.9 Å². The second-order valence-electron chi connectivity index (χ2n) is 17.4. The molecule has 0 aliphatic heterocycles. The van der Waals surface area contributed by atoms with Crippen LogP contribution in [0, 0.1) is 0 Å². The average molecular weight is 711 g/mol. The Bertz CT molecular complexity index is 1160. The number of anilines is 1. The fourth-order valence-electron chi connectivity index (χ4n) is 3.91. The lowest BCUT2D eigenvalue weighted by atomic mass is 10.1. The third-order valence-electron chi connectivity index (χ3n) is 8.71. The molecule has 0 bridgehead atoms. The molecule has 0 radical (unpaired) electrons. The van der Waals surface area contributed by atoms with Gasteiger partial charge in [0.25, 0.3) is 0 Å². The van der Waals surface area contributed by atoms with Crippen LogP contribution in [0.5, 0.6) is 5.75 Å². The van der Waals surface area contributed by atoms with E-state index in [0.717, 1.165) is 5.69 Å². The number of carbonyl (C=O) groups is 3. The first-order valence-corrected chi connectivity index (χ1v) is 22.9. The van der Waals surface area contributed by atoms with Crippen molar-refractivity contribution in [3.63, 3.8) is 0 Å². The number of esters is 2. The Balaban J connectivity index is 3.06. The van der Waals surface area contributed by atoms with Crippen LogP contribution >= 0.6 is 0 Å². The van der Waals surface area contributed by atoms with Gasteiger partial charge in [0.2, 0.25) is 0 Å². The smallest absolute Gasteiger partial charge is 0.413 e. The number of ether oxygens (including phenoxy) is 3. The molecule has 0 saturated heterocycles. The van der Waals surface area contributed by atoms with Crippen LogP contribution in [-0.4, -0.2) is 78.2 Å². The number of hydrogen-bond acceptors (Lipinski definition) is 9. The van der Waals surface area contributed by atoms with E-state index in [1.807, 2.05) is 12.1 Å². The maximum Gasteiger partial charge on any atom is 0.413 e. The van der Waals surface area contributed by atoms with Gasteiger partial charge in [0.1, 0.15) is 23.0 Å². The molecule has 276 valence electrons. The minimum absolute atomic E-state index is 0.000714. The normalized spacial score (nSPS) is 13.8. The Hall–Kier alpha value is -2.42. The Morgan fingerprint density at radius 3 is 1.54 bits per heavy atom. The molecule has 0 unspecified atom stereocenters. The largest absolute Gasteiger partial charge is 0.460 e. The fourth-order valence-corrected chi connectivity index (χ4v) is 5.97. The molecule has 0 aliphatic rings. The Morgan fingerprint density at radius 2 is 1.15 bits per heavy atom. The summed E-state index contributed by atoms with van der Waals surface area (Å²) in [4.78, 5) is 40.4. The van der Waals surface area contributed by atoms with Crippen LogP contribution < -0.4 is 15.0 Å². The van der Waals surface area contributed by atoms with Gasteiger partial charge in [-0.05, 0) is 108 Å². The quantitative estimate of drug-likeness (QED) is 0.142. The lowest BCUT2D eigenvalue weighted by molar-refractivity contribution is -0.158. The van der Waals surface area contributed by atoms with Crippen molar-refractivity contribution in [2.24, 2.45) is 0 Å². The zero-order valence-corrected chi connectivity index (χ0v) is 34.8. The summed E-state index contributed by atoms with van der Waals surface area (Å²) < 4.78 is 29.4. The molecule has 0 fully saturated rings. The van der Waals surface area contributed by atoms with Gasteiger partial charge in [0, 0.05) is 25.2 Å². The molecule has 12 heteroatoms. The molecular formula is C36H66N2O8Si2. The monoisotopic (exact) mass is 710 g/mol. The van der Waals surface area contributed by atoms with Crippen LogP contribution in [0.4, 0.5) is 10.5 Å². The number of nitrogens with zero attached hydrogens (tertiary/aromatic N) is 1. The van der Waals surface area contributed by atoms with E-state index in [9.17, 15) is 14.4 Å². The summed E-state index contributed by atoms with van der Waals surface area (Å²) in [6, 6.07) is 6.13. The van der Waals surface area contributed by atoms with E-state index in [4.69, 9.17) is 23.1 Å². The lowest BCUT2D eigenvalue weighted by Gasteiger charge is -2.38. The molecule has 48 heavy (non-hydrogen) atoms. The van der Waals surface area contributed by atoms with Crippen LogP contribution in [0.2, 0.25) is 36.3 Å². The van der Waals surface area contributed by atoms with Crippen LogP contribution in [0.3, 0.4) is 0 Å². The predicted octanol–water partition coefficient (Wildman–Crippen LogP) is 8.46. The van der Waals surface area contributed by atoms with Crippen molar-refractivity contribution in [3.8, 4) is 5.75 Å². The van der Waals surface area contributed by atoms with Crippen LogP contribution in [0.15, 0.2) is 24.3 Å². The maximum absolute atomic E-state index is 12.9. The van der Waals surface area contributed by atoms with Gasteiger partial charge in [0.05, 0.1) is 13.2 Å². The molecule has 1 aromatic carbocycles. The van der Waals surface area contributed by atoms with Gasteiger partial charge in [0.15, 0.2) is 16.6 Å². The summed E-state index contributed by atoms with van der Waals surface area (Å²) in [7, 11) is -3.84. The minimum atomic E-state index is -1.92. The van der Waals surface area contributed by atoms with Crippen molar-refractivity contribution in [1.29, 1.82) is 0 Å². The van der Waals surface area contributed by atoms with Gasteiger partial charge < -0.3 is 33.3 Å². The fraction of sp³-hybridized carbons (Fsp3) is 0.750. The van der Waals surface area contributed by atoms with Crippen molar-refractivity contribution in [3.05, 3.63) is 24.3 Å². The van der Waals surface area contributed by atoms with E-state index < -0.39 is 51.9 Å². The SMILES string of the molecule is CC(C)(C)OC(=O)CC[C@H](NC(=O)Oc1ccc(N(CCO[Si](C)(C)C(C)(C)C)CCO[Si](C)(C)C(C)(C)C)cc1)C(=O)OC(C)(C)C. The highest BCUT2D eigenvalue weighted by atomic mass is 28.4.